The van der Waals surface area contributed by atoms with Crippen LogP contribution in [0.5, 0.6) is 0 Å². The molecule has 7 heteroatoms. The summed E-state index contributed by atoms with van der Waals surface area (Å²) in [7, 11) is 1.58. The molecule has 3 amide bonds. The predicted molar refractivity (Wildman–Crippen MR) is 62.0 cm³/mol. The number of nitrogens with one attached hydrogen (secondary N) is 1. The molecule has 0 radical (unpaired) electrons. The van der Waals surface area contributed by atoms with E-state index in [0.29, 0.717) is 6.54 Å². The average molecular weight is 237 g/mol. The van der Waals surface area contributed by atoms with Gasteiger partial charge in [-0.25, -0.2) is 9.79 Å². The summed E-state index contributed by atoms with van der Waals surface area (Å²) in [5.74, 6) is -0.108. The molecule has 1 saturated heterocycles. The van der Waals surface area contributed by atoms with Gasteiger partial charge in [0.2, 0.25) is 0 Å². The van der Waals surface area contributed by atoms with Gasteiger partial charge in [-0.3, -0.25) is 10.1 Å². The van der Waals surface area contributed by atoms with Gasteiger partial charge in [0, 0.05) is 13.6 Å². The molecule has 2 heterocycles. The Bertz CT molecular complexity index is 430. The summed E-state index contributed by atoms with van der Waals surface area (Å²) < 4.78 is 0. The quantitative estimate of drug-likeness (QED) is 0.607. The van der Waals surface area contributed by atoms with Crippen molar-refractivity contribution in [3.05, 3.63) is 12.2 Å². The number of fused-ring (bicyclic) bond motifs is 1. The molecular weight excluding hydrogens is 222 g/mol. The first-order valence-electron chi connectivity index (χ1n) is 5.23. The lowest BCUT2D eigenvalue weighted by Crippen LogP contribution is -2.64. The molecule has 0 saturated carbocycles. The minimum absolute atomic E-state index is 0.264. The number of guanidine groups is 1. The molecular formula is C10H15N5O2. The Morgan fingerprint density at radius 3 is 2.82 bits per heavy atom. The van der Waals surface area contributed by atoms with Crippen LogP contribution in [0.3, 0.4) is 0 Å². The Morgan fingerprint density at radius 2 is 2.24 bits per heavy atom. The zero-order chi connectivity index (χ0) is 12.7. The lowest BCUT2D eigenvalue weighted by molar-refractivity contribution is -0.126. The maximum Gasteiger partial charge on any atom is 0.325 e. The number of imide groups is 1. The molecule has 0 spiro atoms. The fourth-order valence-electron chi connectivity index (χ4n) is 2.02. The van der Waals surface area contributed by atoms with Gasteiger partial charge in [-0.2, -0.15) is 0 Å². The van der Waals surface area contributed by atoms with E-state index in [0.717, 1.165) is 5.57 Å². The summed E-state index contributed by atoms with van der Waals surface area (Å²) in [5, 5.41) is 2.27. The first-order valence-corrected chi connectivity index (χ1v) is 5.23. The summed E-state index contributed by atoms with van der Waals surface area (Å²) in [5.41, 5.74) is 6.65. The standard InChI is InChI=1S/C10H15N5O2/c1-5(2)4-15-6-7(12-9(15)11)14(3)10(17)13-8(6)16/h6-7H,1,4H2,2-3H3,(H2,11,12)(H,13,16,17). The number of amides is 3. The van der Waals surface area contributed by atoms with Crippen molar-refractivity contribution < 1.29 is 9.59 Å². The van der Waals surface area contributed by atoms with Gasteiger partial charge in [-0.15, -0.1) is 0 Å². The fourth-order valence-corrected chi connectivity index (χ4v) is 2.02. The number of hydrogen-bond donors (Lipinski definition) is 2. The number of urea groups is 1. The van der Waals surface area contributed by atoms with E-state index in [-0.39, 0.29) is 11.9 Å². The fraction of sp³-hybridized carbons (Fsp3) is 0.500. The topological polar surface area (TPSA) is 91.0 Å². The summed E-state index contributed by atoms with van der Waals surface area (Å²) in [6, 6.07) is -1.01. The van der Waals surface area contributed by atoms with Crippen LogP contribution in [0.25, 0.3) is 0 Å². The monoisotopic (exact) mass is 237 g/mol. The summed E-state index contributed by atoms with van der Waals surface area (Å²) in [6.07, 6.45) is -0.546. The average Bonchev–Trinajstić information content (AvgIpc) is 2.53. The largest absolute Gasteiger partial charge is 0.370 e. The first-order chi connectivity index (χ1) is 7.91. The van der Waals surface area contributed by atoms with E-state index in [4.69, 9.17) is 5.73 Å². The van der Waals surface area contributed by atoms with Crippen LogP contribution in [0.4, 0.5) is 4.79 Å². The van der Waals surface area contributed by atoms with Crippen molar-refractivity contribution in [1.29, 1.82) is 0 Å². The Morgan fingerprint density at radius 1 is 1.59 bits per heavy atom. The minimum Gasteiger partial charge on any atom is -0.370 e. The van der Waals surface area contributed by atoms with Gasteiger partial charge in [-0.1, -0.05) is 12.2 Å². The zero-order valence-electron chi connectivity index (χ0n) is 9.80. The number of nitrogens with two attached hydrogens (primary N) is 1. The van der Waals surface area contributed by atoms with Gasteiger partial charge in [0.15, 0.2) is 18.2 Å². The van der Waals surface area contributed by atoms with E-state index < -0.39 is 18.2 Å². The maximum atomic E-state index is 11.8. The highest BCUT2D eigenvalue weighted by atomic mass is 16.2. The molecule has 2 rings (SSSR count). The van der Waals surface area contributed by atoms with Crippen molar-refractivity contribution in [2.24, 2.45) is 10.7 Å². The van der Waals surface area contributed by atoms with E-state index in [9.17, 15) is 9.59 Å². The van der Waals surface area contributed by atoms with Gasteiger partial charge in [0.1, 0.15) is 0 Å². The van der Waals surface area contributed by atoms with Crippen LogP contribution in [-0.4, -0.2) is 53.5 Å². The summed E-state index contributed by atoms with van der Waals surface area (Å²) >= 11 is 0. The number of carbonyl (C=O) groups is 2. The molecule has 7 nitrogen and oxygen atoms in total. The number of carbonyl (C=O) groups excluding carboxylic acids is 2. The van der Waals surface area contributed by atoms with Crippen molar-refractivity contribution >= 4 is 17.9 Å². The molecule has 0 bridgehead atoms. The molecule has 0 aliphatic carbocycles. The third kappa shape index (κ3) is 1.73. The highest BCUT2D eigenvalue weighted by molar-refractivity contribution is 6.03. The number of rotatable bonds is 2. The first kappa shape index (κ1) is 11.4. The molecule has 92 valence electrons. The molecule has 2 aliphatic rings. The Labute approximate surface area is 99.0 Å². The van der Waals surface area contributed by atoms with Crippen molar-refractivity contribution in [3.8, 4) is 0 Å². The molecule has 1 fully saturated rings. The SMILES string of the molecule is C=C(C)CN1C(N)=NC2C1C(=O)NC(=O)N2C. The molecule has 2 unspecified atom stereocenters. The molecule has 17 heavy (non-hydrogen) atoms. The number of likely N-dealkylation sites (N-methyl/N-ethyl adjacent to an activating group) is 1. The van der Waals surface area contributed by atoms with Crippen molar-refractivity contribution in [2.45, 2.75) is 19.1 Å². The van der Waals surface area contributed by atoms with Gasteiger partial charge < -0.3 is 15.5 Å². The second-order valence-electron chi connectivity index (χ2n) is 4.34. The molecule has 0 aromatic heterocycles. The van der Waals surface area contributed by atoms with E-state index >= 15 is 0 Å². The Balaban J connectivity index is 2.29. The Hall–Kier alpha value is -2.05. The summed E-state index contributed by atoms with van der Waals surface area (Å²) in [6.45, 7) is 6.08. The maximum absolute atomic E-state index is 11.8. The van der Waals surface area contributed by atoms with Crippen LogP contribution >= 0.6 is 0 Å². The lowest BCUT2D eigenvalue weighted by atomic mass is 10.1. The van der Waals surface area contributed by atoms with Gasteiger partial charge in [0.25, 0.3) is 5.91 Å². The highest BCUT2D eigenvalue weighted by Gasteiger charge is 2.47. The van der Waals surface area contributed by atoms with E-state index in [2.05, 4.69) is 16.9 Å². The highest BCUT2D eigenvalue weighted by Crippen LogP contribution is 2.22. The second-order valence-corrected chi connectivity index (χ2v) is 4.34. The number of hydrogen-bond acceptors (Lipinski definition) is 5. The Kier molecular flexibility index (Phi) is 2.53. The van der Waals surface area contributed by atoms with Crippen LogP contribution in [0, 0.1) is 0 Å². The van der Waals surface area contributed by atoms with Crippen molar-refractivity contribution in [1.82, 2.24) is 15.1 Å². The normalized spacial score (nSPS) is 27.8. The molecule has 0 aromatic carbocycles. The van der Waals surface area contributed by atoms with Crippen LogP contribution in [0.15, 0.2) is 17.1 Å². The molecule has 3 N–H and O–H groups in total. The molecule has 2 aliphatic heterocycles. The third-order valence-electron chi connectivity index (χ3n) is 2.83. The molecule has 2 atom stereocenters. The van der Waals surface area contributed by atoms with Gasteiger partial charge >= 0.3 is 6.03 Å². The van der Waals surface area contributed by atoms with Crippen LogP contribution in [0.2, 0.25) is 0 Å². The third-order valence-corrected chi connectivity index (χ3v) is 2.83. The van der Waals surface area contributed by atoms with Crippen molar-refractivity contribution in [2.75, 3.05) is 13.6 Å². The smallest absolute Gasteiger partial charge is 0.325 e. The van der Waals surface area contributed by atoms with E-state index in [1.807, 2.05) is 6.92 Å². The van der Waals surface area contributed by atoms with E-state index in [1.54, 1.807) is 11.9 Å². The second kappa shape index (κ2) is 3.76. The van der Waals surface area contributed by atoms with E-state index in [1.165, 1.54) is 4.90 Å². The van der Waals surface area contributed by atoms with Gasteiger partial charge in [0.05, 0.1) is 0 Å². The minimum atomic E-state index is -0.561. The molecule has 0 aromatic rings. The van der Waals surface area contributed by atoms with Crippen LogP contribution in [-0.2, 0) is 4.79 Å². The van der Waals surface area contributed by atoms with Crippen LogP contribution in [0.1, 0.15) is 6.92 Å². The predicted octanol–water partition coefficient (Wildman–Crippen LogP) is -0.931. The lowest BCUT2D eigenvalue weighted by Gasteiger charge is -2.35. The zero-order valence-corrected chi connectivity index (χ0v) is 9.80. The number of nitrogens with zero attached hydrogens (tertiary/aromatic N) is 3. The number of aliphatic imine (C=N–C) groups is 1. The summed E-state index contributed by atoms with van der Waals surface area (Å²) in [4.78, 5) is 30.4. The van der Waals surface area contributed by atoms with Crippen molar-refractivity contribution in [3.63, 3.8) is 0 Å². The van der Waals surface area contributed by atoms with Gasteiger partial charge in [-0.05, 0) is 6.92 Å². The van der Waals surface area contributed by atoms with Crippen LogP contribution < -0.4 is 11.1 Å².